The number of rotatable bonds is 0. The number of nitrogens with one attached hydrogen (secondary N) is 1. The van der Waals surface area contributed by atoms with Crippen molar-refractivity contribution in [1.82, 2.24) is 5.32 Å². The Morgan fingerprint density at radius 1 is 1.14 bits per heavy atom. The van der Waals surface area contributed by atoms with Gasteiger partial charge in [0.25, 0.3) is 0 Å². The van der Waals surface area contributed by atoms with Gasteiger partial charge in [-0.05, 0) is 11.6 Å². The number of hydrogen-bond acceptors (Lipinski definition) is 1. The monoisotopic (exact) mass is 205 g/mol. The summed E-state index contributed by atoms with van der Waals surface area (Å²) >= 11 is 0. The highest BCUT2D eigenvalue weighted by Gasteiger charge is 2.36. The minimum atomic E-state index is -4.61. The molecule has 0 aliphatic carbocycles. The van der Waals surface area contributed by atoms with E-state index in [1.165, 1.54) is 6.07 Å². The van der Waals surface area contributed by atoms with Crippen molar-refractivity contribution in [2.45, 2.75) is 19.3 Å². The molecule has 0 amide bonds. The van der Waals surface area contributed by atoms with Gasteiger partial charge >= 0.3 is 6.18 Å². The van der Waals surface area contributed by atoms with Gasteiger partial charge in [0.1, 0.15) is 5.82 Å². The van der Waals surface area contributed by atoms with Crippen molar-refractivity contribution in [2.24, 2.45) is 0 Å². The Morgan fingerprint density at radius 3 is 2.50 bits per heavy atom. The molecule has 14 heavy (non-hydrogen) atoms. The Morgan fingerprint density at radius 2 is 1.86 bits per heavy atom. The molecule has 0 fully saturated rings. The summed E-state index contributed by atoms with van der Waals surface area (Å²) in [4.78, 5) is 0. The fraction of sp³-hybridized carbons (Fsp3) is 0.333. The lowest BCUT2D eigenvalue weighted by molar-refractivity contribution is -0.140. The third kappa shape index (κ3) is 1.37. The zero-order valence-electron chi connectivity index (χ0n) is 7.08. The molecule has 1 nitrogen and oxygen atoms in total. The maximum atomic E-state index is 13.3. The topological polar surface area (TPSA) is 12.0 Å². The second-order valence-corrected chi connectivity index (χ2v) is 3.17. The van der Waals surface area contributed by atoms with Crippen LogP contribution >= 0.6 is 0 Å². The van der Waals surface area contributed by atoms with Crippen molar-refractivity contribution in [3.05, 3.63) is 34.6 Å². The average molecular weight is 205 g/mol. The second-order valence-electron chi connectivity index (χ2n) is 3.17. The molecule has 2 rings (SSSR count). The highest BCUT2D eigenvalue weighted by Crippen LogP contribution is 2.34. The van der Waals surface area contributed by atoms with E-state index >= 15 is 0 Å². The zero-order valence-corrected chi connectivity index (χ0v) is 7.08. The van der Waals surface area contributed by atoms with Gasteiger partial charge in [-0.2, -0.15) is 13.2 Å². The molecule has 0 saturated heterocycles. The van der Waals surface area contributed by atoms with Crippen LogP contribution in [0.2, 0.25) is 0 Å². The first-order chi connectivity index (χ1) is 6.50. The van der Waals surface area contributed by atoms with Crippen LogP contribution in [0.25, 0.3) is 0 Å². The highest BCUT2D eigenvalue weighted by atomic mass is 19.4. The van der Waals surface area contributed by atoms with Crippen molar-refractivity contribution >= 4 is 0 Å². The van der Waals surface area contributed by atoms with Crippen LogP contribution in [-0.2, 0) is 19.3 Å². The molecule has 1 N–H and O–H groups in total. The summed E-state index contributed by atoms with van der Waals surface area (Å²) in [5, 5.41) is 2.80. The van der Waals surface area contributed by atoms with Gasteiger partial charge in [0, 0.05) is 18.7 Å². The van der Waals surface area contributed by atoms with Crippen molar-refractivity contribution in [2.75, 3.05) is 0 Å². The van der Waals surface area contributed by atoms with E-state index in [-0.39, 0.29) is 12.1 Å². The second kappa shape index (κ2) is 2.95. The Bertz CT molecular complexity index is 370. The number of benzene rings is 1. The molecule has 0 aromatic heterocycles. The summed E-state index contributed by atoms with van der Waals surface area (Å²) in [5.41, 5.74) is -0.435. The van der Waals surface area contributed by atoms with Crippen LogP contribution in [0.5, 0.6) is 0 Å². The van der Waals surface area contributed by atoms with E-state index in [1.807, 2.05) is 0 Å². The molecular weight excluding hydrogens is 198 g/mol. The van der Waals surface area contributed by atoms with Crippen LogP contribution in [0.3, 0.4) is 0 Å². The van der Waals surface area contributed by atoms with E-state index < -0.39 is 17.6 Å². The molecule has 0 spiro atoms. The summed E-state index contributed by atoms with van der Waals surface area (Å²) in [5.74, 6) is -1.14. The van der Waals surface area contributed by atoms with Crippen LogP contribution in [0.15, 0.2) is 12.1 Å². The Hall–Kier alpha value is -1.10. The van der Waals surface area contributed by atoms with E-state index in [2.05, 4.69) is 5.32 Å². The predicted molar refractivity (Wildman–Crippen MR) is 41.9 cm³/mol. The summed E-state index contributed by atoms with van der Waals surface area (Å²) in [6, 6.07) is 2.11. The van der Waals surface area contributed by atoms with E-state index in [0.29, 0.717) is 12.1 Å². The number of alkyl halides is 3. The SMILES string of the molecule is Fc1c(C(F)(F)F)ccc2c1CNC2. The molecule has 0 radical (unpaired) electrons. The van der Waals surface area contributed by atoms with E-state index in [0.717, 1.165) is 6.07 Å². The van der Waals surface area contributed by atoms with E-state index in [9.17, 15) is 17.6 Å². The smallest absolute Gasteiger partial charge is 0.308 e. The van der Waals surface area contributed by atoms with Crippen molar-refractivity contribution in [1.29, 1.82) is 0 Å². The normalized spacial score (nSPS) is 15.7. The summed E-state index contributed by atoms with van der Waals surface area (Å²) in [6.45, 7) is 0.607. The van der Waals surface area contributed by atoms with Gasteiger partial charge < -0.3 is 5.32 Å². The van der Waals surface area contributed by atoms with Gasteiger partial charge in [0.2, 0.25) is 0 Å². The van der Waals surface area contributed by atoms with Crippen molar-refractivity contribution < 1.29 is 17.6 Å². The molecule has 0 bridgehead atoms. The molecule has 76 valence electrons. The summed E-state index contributed by atoms with van der Waals surface area (Å²) in [7, 11) is 0. The number of halogens is 4. The molecule has 1 aromatic carbocycles. The fourth-order valence-electron chi connectivity index (χ4n) is 1.56. The van der Waals surface area contributed by atoms with Gasteiger partial charge in [0.05, 0.1) is 5.56 Å². The molecule has 0 unspecified atom stereocenters. The number of hydrogen-bond donors (Lipinski definition) is 1. The van der Waals surface area contributed by atoms with Gasteiger partial charge in [-0.1, -0.05) is 6.07 Å². The highest BCUT2D eigenvalue weighted by molar-refractivity contribution is 5.37. The van der Waals surface area contributed by atoms with Gasteiger partial charge in [-0.3, -0.25) is 0 Å². The van der Waals surface area contributed by atoms with Crippen LogP contribution in [-0.4, -0.2) is 0 Å². The minimum absolute atomic E-state index is 0.139. The Kier molecular flexibility index (Phi) is 1.99. The van der Waals surface area contributed by atoms with Gasteiger partial charge in [0.15, 0.2) is 0 Å². The third-order valence-corrected chi connectivity index (χ3v) is 2.26. The lowest BCUT2D eigenvalue weighted by Crippen LogP contribution is -2.10. The lowest BCUT2D eigenvalue weighted by Gasteiger charge is -2.10. The molecule has 5 heteroatoms. The first-order valence-corrected chi connectivity index (χ1v) is 4.08. The quantitative estimate of drug-likeness (QED) is 0.641. The van der Waals surface area contributed by atoms with Crippen LogP contribution in [0.1, 0.15) is 16.7 Å². The molecule has 0 atom stereocenters. The van der Waals surface area contributed by atoms with Crippen molar-refractivity contribution in [3.8, 4) is 0 Å². The molecule has 1 heterocycles. The standard InChI is InChI=1S/C9H7F4N/c10-8-6-4-14-3-5(6)1-2-7(8)9(11,12)13/h1-2,14H,3-4H2. The zero-order chi connectivity index (χ0) is 10.3. The maximum absolute atomic E-state index is 13.3. The summed E-state index contributed by atoms with van der Waals surface area (Å²) < 4.78 is 50.1. The predicted octanol–water partition coefficient (Wildman–Crippen LogP) is 2.45. The minimum Gasteiger partial charge on any atom is -0.308 e. The average Bonchev–Trinajstić information content (AvgIpc) is 2.50. The largest absolute Gasteiger partial charge is 0.419 e. The van der Waals surface area contributed by atoms with Crippen molar-refractivity contribution in [3.63, 3.8) is 0 Å². The molecule has 0 saturated carbocycles. The number of fused-ring (bicyclic) bond motifs is 1. The van der Waals surface area contributed by atoms with E-state index in [1.54, 1.807) is 0 Å². The molecule has 1 aliphatic rings. The Labute approximate surface area is 77.7 Å². The Balaban J connectivity index is 2.56. The van der Waals surface area contributed by atoms with E-state index in [4.69, 9.17) is 0 Å². The van der Waals surface area contributed by atoms with Crippen LogP contribution < -0.4 is 5.32 Å². The molecule has 1 aromatic rings. The van der Waals surface area contributed by atoms with Gasteiger partial charge in [-0.25, -0.2) is 4.39 Å². The van der Waals surface area contributed by atoms with Crippen LogP contribution in [0.4, 0.5) is 17.6 Å². The lowest BCUT2D eigenvalue weighted by atomic mass is 10.1. The molecule has 1 aliphatic heterocycles. The third-order valence-electron chi connectivity index (χ3n) is 2.26. The first kappa shape index (κ1) is 9.45. The maximum Gasteiger partial charge on any atom is 0.419 e. The molecular formula is C9H7F4N. The van der Waals surface area contributed by atoms with Crippen LogP contribution in [0, 0.1) is 5.82 Å². The summed E-state index contributed by atoms with van der Waals surface area (Å²) in [6.07, 6.45) is -4.61. The van der Waals surface area contributed by atoms with Gasteiger partial charge in [-0.15, -0.1) is 0 Å². The fourth-order valence-corrected chi connectivity index (χ4v) is 1.56. The first-order valence-electron chi connectivity index (χ1n) is 4.08.